The minimum atomic E-state index is -1.01. The van der Waals surface area contributed by atoms with E-state index in [0.29, 0.717) is 25.9 Å². The highest BCUT2D eigenvalue weighted by molar-refractivity contribution is 5.99. The molecule has 3 N–H and O–H groups in total. The van der Waals surface area contributed by atoms with Gasteiger partial charge in [-0.05, 0) is 196 Å². The fourth-order valence-corrected chi connectivity index (χ4v) is 14.0. The van der Waals surface area contributed by atoms with Crippen molar-refractivity contribution in [1.82, 2.24) is 39.0 Å². The van der Waals surface area contributed by atoms with Gasteiger partial charge in [0.1, 0.15) is 6.10 Å². The second kappa shape index (κ2) is 22.5. The number of hydrogen-bond donors (Lipinski definition) is 3. The number of H-pyrrole nitrogens is 2. The van der Waals surface area contributed by atoms with Gasteiger partial charge in [0.15, 0.2) is 0 Å². The Morgan fingerprint density at radius 2 is 0.692 bits per heavy atom. The summed E-state index contributed by atoms with van der Waals surface area (Å²) in [7, 11) is 0. The first-order chi connectivity index (χ1) is 38.0. The summed E-state index contributed by atoms with van der Waals surface area (Å²) >= 11 is 0. The highest BCUT2D eigenvalue weighted by Gasteiger charge is 2.33. The normalized spacial score (nSPS) is 13.4. The molecule has 10 heterocycles. The van der Waals surface area contributed by atoms with Crippen LogP contribution in [0.5, 0.6) is 0 Å². The van der Waals surface area contributed by atoms with Gasteiger partial charge in [-0.1, -0.05) is 83.1 Å². The molecule has 16 bridgehead atoms. The molecule has 406 valence electrons. The molecular formula is C69H84N8O. The van der Waals surface area contributed by atoms with Crippen LogP contribution in [0, 0.1) is 0 Å². The molecule has 9 heteroatoms. The topological polar surface area (TPSA) is 113 Å². The molecule has 0 fully saturated rings. The third kappa shape index (κ3) is 8.79. The Bertz CT molecular complexity index is 3620. The van der Waals surface area contributed by atoms with Gasteiger partial charge >= 0.3 is 0 Å². The average Bonchev–Trinajstić information content (AvgIpc) is 4.43. The third-order valence-electron chi connectivity index (χ3n) is 17.4. The van der Waals surface area contributed by atoms with Crippen LogP contribution in [0.4, 0.5) is 0 Å². The van der Waals surface area contributed by atoms with E-state index >= 15 is 0 Å². The van der Waals surface area contributed by atoms with Gasteiger partial charge in [0, 0.05) is 79.6 Å². The number of aromatic nitrogens is 8. The predicted octanol–water partition coefficient (Wildman–Crippen LogP) is 17.3. The van der Waals surface area contributed by atoms with Crippen LogP contribution in [0.3, 0.4) is 0 Å². The summed E-state index contributed by atoms with van der Waals surface area (Å²) < 4.78 is 4.97. The largest absolute Gasteiger partial charge is 0.383 e. The van der Waals surface area contributed by atoms with Crippen LogP contribution < -0.4 is 0 Å². The highest BCUT2D eigenvalue weighted by Crippen LogP contribution is 2.47. The fourth-order valence-electron chi connectivity index (χ4n) is 14.0. The standard InChI is InChI=1S/C69H84N8O/c1-15-39-33-45-35-41-29-31-43(70-41)37-57-59(51(21-7)67(76(57)27-13)55(25-11)65-49(19-5)47(17-3)63(74-65)53(23-9)61(39)72-45)69(78)60-52(22-8)68-56(26-12)66-50(20-6)48(18-4)64(75-66)54(24-10)62-40(16-2)34-46(73-62)36-42-30-32-44(71-42)38-58(60)77(68)28-14/h29-38,69,72-73,78H,15-28H2,1-14H3. The first-order valence-electron chi connectivity index (χ1n) is 30.1. The summed E-state index contributed by atoms with van der Waals surface area (Å²) in [4.78, 5) is 30.0. The molecular weight excluding hydrogens is 957 g/mol. The molecule has 10 rings (SSSR count). The maximum absolute atomic E-state index is 14.3. The molecule has 0 atom stereocenters. The van der Waals surface area contributed by atoms with Gasteiger partial charge in [-0.25, -0.2) is 19.9 Å². The Kier molecular flexibility index (Phi) is 15.7. The van der Waals surface area contributed by atoms with Gasteiger partial charge in [0.25, 0.3) is 0 Å². The third-order valence-corrected chi connectivity index (χ3v) is 17.4. The number of rotatable bonds is 16. The molecule has 6 aromatic rings. The Morgan fingerprint density at radius 1 is 0.372 bits per heavy atom. The molecule has 4 aliphatic heterocycles. The first-order valence-corrected chi connectivity index (χ1v) is 30.1. The van der Waals surface area contributed by atoms with Gasteiger partial charge in [-0.2, -0.15) is 0 Å². The van der Waals surface area contributed by atoms with Gasteiger partial charge in [0.05, 0.1) is 56.6 Å². The van der Waals surface area contributed by atoms with Crippen LogP contribution in [0.2, 0.25) is 0 Å². The van der Waals surface area contributed by atoms with Gasteiger partial charge < -0.3 is 24.2 Å². The Balaban J connectivity index is 1.42. The molecule has 4 aliphatic rings. The highest BCUT2D eigenvalue weighted by atomic mass is 16.3. The summed E-state index contributed by atoms with van der Waals surface area (Å²) in [5.41, 5.74) is 33.8. The fraction of sp³-hybridized carbons (Fsp3) is 0.420. The van der Waals surface area contributed by atoms with Crippen molar-refractivity contribution in [2.45, 2.75) is 193 Å². The van der Waals surface area contributed by atoms with Gasteiger partial charge in [0.2, 0.25) is 0 Å². The number of aliphatic hydroxyl groups is 1. The van der Waals surface area contributed by atoms with Crippen molar-refractivity contribution >= 4 is 90.7 Å². The van der Waals surface area contributed by atoms with Crippen molar-refractivity contribution in [3.8, 4) is 0 Å². The molecule has 0 aliphatic carbocycles. The molecule has 78 heavy (non-hydrogen) atoms. The van der Waals surface area contributed by atoms with Crippen LogP contribution in [0.15, 0.2) is 36.4 Å². The van der Waals surface area contributed by atoms with Crippen LogP contribution >= 0.6 is 0 Å². The number of fused-ring (bicyclic) bond motifs is 16. The quantitative estimate of drug-likeness (QED) is 0.0892. The maximum Gasteiger partial charge on any atom is 0.109 e. The van der Waals surface area contributed by atoms with Crippen LogP contribution in [0.25, 0.3) is 90.7 Å². The predicted molar refractivity (Wildman–Crippen MR) is 332 cm³/mol. The summed E-state index contributed by atoms with van der Waals surface area (Å²) in [5.74, 6) is 0. The smallest absolute Gasteiger partial charge is 0.109 e. The SMILES string of the molecule is CCC1=C(CC)c2nc1c(CC)c1[nH]c(cc3nc(cc4c(C(O)c5c(CC)c6c(CC)c7nc(c(CC)c8[nH]c(cc9nc(cc5n6CC)C=C9)cc8CC)C(CC)=C7CC)c(CC)c(c2CC)n4CC)C=C3)cc1CC. The van der Waals surface area contributed by atoms with Gasteiger partial charge in [-0.3, -0.25) is 0 Å². The van der Waals surface area contributed by atoms with Crippen molar-refractivity contribution < 1.29 is 5.11 Å². The number of aryl methyl sites for hydroxylation is 10. The van der Waals surface area contributed by atoms with E-state index in [1.807, 2.05) is 0 Å². The van der Waals surface area contributed by atoms with E-state index in [4.69, 9.17) is 19.9 Å². The summed E-state index contributed by atoms with van der Waals surface area (Å²) in [5, 5.41) is 14.3. The van der Waals surface area contributed by atoms with Gasteiger partial charge in [-0.15, -0.1) is 0 Å². The summed E-state index contributed by atoms with van der Waals surface area (Å²) in [6.45, 7) is 33.3. The minimum absolute atomic E-state index is 0.699. The zero-order chi connectivity index (χ0) is 55.3. The van der Waals surface area contributed by atoms with Crippen LogP contribution in [-0.2, 0) is 64.5 Å². The zero-order valence-electron chi connectivity index (χ0n) is 49.4. The Labute approximate surface area is 463 Å². The molecule has 9 nitrogen and oxygen atoms in total. The van der Waals surface area contributed by atoms with Crippen molar-refractivity contribution in [2.24, 2.45) is 0 Å². The first kappa shape index (κ1) is 54.5. The number of hydrogen-bond acceptors (Lipinski definition) is 5. The van der Waals surface area contributed by atoms with Crippen molar-refractivity contribution in [2.75, 3.05) is 0 Å². The molecule has 0 unspecified atom stereocenters. The number of aromatic amines is 2. The lowest BCUT2D eigenvalue weighted by Crippen LogP contribution is -2.05. The molecule has 0 spiro atoms. The van der Waals surface area contributed by atoms with E-state index in [2.05, 4.69) is 177 Å². The van der Waals surface area contributed by atoms with Crippen molar-refractivity contribution in [1.29, 1.82) is 0 Å². The van der Waals surface area contributed by atoms with E-state index in [1.54, 1.807) is 0 Å². The van der Waals surface area contributed by atoms with Crippen molar-refractivity contribution in [3.05, 3.63) is 138 Å². The second-order valence-electron chi connectivity index (χ2n) is 21.2. The lowest BCUT2D eigenvalue weighted by molar-refractivity contribution is 0.221. The monoisotopic (exact) mass is 1040 g/mol. The van der Waals surface area contributed by atoms with E-state index < -0.39 is 6.10 Å². The van der Waals surface area contributed by atoms with E-state index in [1.165, 1.54) is 77.7 Å². The molecule has 0 aromatic carbocycles. The molecule has 0 radical (unpaired) electrons. The van der Waals surface area contributed by atoms with Crippen LogP contribution in [0.1, 0.15) is 230 Å². The lowest BCUT2D eigenvalue weighted by Gasteiger charge is -2.15. The van der Waals surface area contributed by atoms with Crippen LogP contribution in [-0.4, -0.2) is 44.1 Å². The number of aliphatic hydroxyl groups excluding tert-OH is 1. The zero-order valence-corrected chi connectivity index (χ0v) is 49.4. The lowest BCUT2D eigenvalue weighted by atomic mass is 9.90. The maximum atomic E-state index is 14.3. The summed E-state index contributed by atoms with van der Waals surface area (Å²) in [6, 6.07) is 13.4. The molecule has 0 saturated carbocycles. The Morgan fingerprint density at radius 3 is 0.987 bits per heavy atom. The van der Waals surface area contributed by atoms with E-state index in [9.17, 15) is 5.11 Å². The molecule has 0 saturated heterocycles. The number of allylic oxidation sites excluding steroid dienone is 4. The second-order valence-corrected chi connectivity index (χ2v) is 21.2. The average molecular weight is 1040 g/mol. The molecule has 6 aromatic heterocycles. The van der Waals surface area contributed by atoms with E-state index in [0.717, 1.165) is 154 Å². The van der Waals surface area contributed by atoms with Crippen molar-refractivity contribution in [3.63, 3.8) is 0 Å². The Hall–Kier alpha value is -6.84. The minimum Gasteiger partial charge on any atom is -0.383 e. The summed E-state index contributed by atoms with van der Waals surface area (Å²) in [6.07, 6.45) is 17.6. The van der Waals surface area contributed by atoms with E-state index in [-0.39, 0.29) is 0 Å². The molecule has 0 amide bonds. The number of nitrogens with one attached hydrogen (secondary N) is 2. The number of nitrogens with zero attached hydrogens (tertiary/aromatic N) is 6.